The molecular formula is C14H23NO4. The predicted octanol–water partition coefficient (Wildman–Crippen LogP) is 1.37. The molecule has 0 aromatic heterocycles. The maximum Gasteiger partial charge on any atom is 0.307 e. The second kappa shape index (κ2) is 5.90. The van der Waals surface area contributed by atoms with Crippen LogP contribution in [0.2, 0.25) is 0 Å². The lowest BCUT2D eigenvalue weighted by Crippen LogP contribution is -2.51. The predicted molar refractivity (Wildman–Crippen MR) is 69.6 cm³/mol. The number of amides is 1. The van der Waals surface area contributed by atoms with Crippen molar-refractivity contribution in [1.82, 2.24) is 4.90 Å². The lowest BCUT2D eigenvalue weighted by molar-refractivity contribution is -0.153. The Morgan fingerprint density at radius 2 is 2.00 bits per heavy atom. The van der Waals surface area contributed by atoms with Gasteiger partial charge in [-0.25, -0.2) is 0 Å². The molecule has 2 fully saturated rings. The van der Waals surface area contributed by atoms with E-state index in [1.165, 1.54) is 0 Å². The summed E-state index contributed by atoms with van der Waals surface area (Å²) in [6.45, 7) is 5.78. The summed E-state index contributed by atoms with van der Waals surface area (Å²) in [5.74, 6) is -1.35. The Kier molecular flexibility index (Phi) is 4.45. The largest absolute Gasteiger partial charge is 0.481 e. The van der Waals surface area contributed by atoms with Gasteiger partial charge in [0.15, 0.2) is 0 Å². The number of carboxylic acid groups (broad SMARTS) is 1. The van der Waals surface area contributed by atoms with Crippen LogP contribution in [0.25, 0.3) is 0 Å². The van der Waals surface area contributed by atoms with Crippen LogP contribution in [0.1, 0.15) is 33.1 Å². The summed E-state index contributed by atoms with van der Waals surface area (Å²) in [4.78, 5) is 25.8. The minimum Gasteiger partial charge on any atom is -0.481 e. The van der Waals surface area contributed by atoms with Crippen molar-refractivity contribution in [3.05, 3.63) is 0 Å². The van der Waals surface area contributed by atoms with E-state index in [0.717, 1.165) is 6.42 Å². The molecule has 1 amide bonds. The van der Waals surface area contributed by atoms with Crippen LogP contribution in [-0.4, -0.2) is 47.7 Å². The molecule has 0 bridgehead atoms. The van der Waals surface area contributed by atoms with E-state index in [-0.39, 0.29) is 17.9 Å². The van der Waals surface area contributed by atoms with Crippen molar-refractivity contribution < 1.29 is 19.4 Å². The first-order valence-electron chi connectivity index (χ1n) is 7.15. The first kappa shape index (κ1) is 14.3. The maximum atomic E-state index is 12.6. The van der Waals surface area contributed by atoms with Gasteiger partial charge in [-0.2, -0.15) is 0 Å². The highest BCUT2D eigenvalue weighted by atomic mass is 16.5. The molecule has 19 heavy (non-hydrogen) atoms. The summed E-state index contributed by atoms with van der Waals surface area (Å²) < 4.78 is 5.40. The van der Waals surface area contributed by atoms with Gasteiger partial charge in [0, 0.05) is 6.54 Å². The molecule has 0 aromatic carbocycles. The normalized spacial score (nSPS) is 35.4. The number of hydrogen-bond acceptors (Lipinski definition) is 3. The van der Waals surface area contributed by atoms with Crippen LogP contribution in [0.3, 0.4) is 0 Å². The zero-order valence-corrected chi connectivity index (χ0v) is 11.7. The molecule has 1 saturated carbocycles. The monoisotopic (exact) mass is 269 g/mol. The number of nitrogens with zero attached hydrogens (tertiary/aromatic N) is 1. The summed E-state index contributed by atoms with van der Waals surface area (Å²) in [7, 11) is 0. The quantitative estimate of drug-likeness (QED) is 0.840. The zero-order chi connectivity index (χ0) is 14.0. The fraction of sp³-hybridized carbons (Fsp3) is 0.857. The van der Waals surface area contributed by atoms with E-state index in [2.05, 4.69) is 0 Å². The summed E-state index contributed by atoms with van der Waals surface area (Å²) in [6, 6.07) is 0.103. The molecule has 1 aliphatic carbocycles. The van der Waals surface area contributed by atoms with Crippen LogP contribution in [-0.2, 0) is 14.3 Å². The highest BCUT2D eigenvalue weighted by Crippen LogP contribution is 2.38. The summed E-state index contributed by atoms with van der Waals surface area (Å²) in [6.07, 6.45) is 2.17. The SMILES string of the molecule is CCC1COCCN1C(=O)C1CC(C)CC1C(=O)O. The number of rotatable bonds is 3. The minimum atomic E-state index is -0.830. The molecular weight excluding hydrogens is 246 g/mol. The highest BCUT2D eigenvalue weighted by Gasteiger charge is 2.44. The number of morpholine rings is 1. The summed E-state index contributed by atoms with van der Waals surface area (Å²) in [5.41, 5.74) is 0. The Balaban J connectivity index is 2.11. The Morgan fingerprint density at radius 3 is 2.63 bits per heavy atom. The van der Waals surface area contributed by atoms with Gasteiger partial charge in [-0.3, -0.25) is 9.59 Å². The number of carbonyl (C=O) groups is 2. The van der Waals surface area contributed by atoms with Gasteiger partial charge in [-0.05, 0) is 25.2 Å². The summed E-state index contributed by atoms with van der Waals surface area (Å²) in [5, 5.41) is 9.28. The topological polar surface area (TPSA) is 66.8 Å². The molecule has 1 heterocycles. The van der Waals surface area contributed by atoms with Crippen molar-refractivity contribution in [2.24, 2.45) is 17.8 Å². The van der Waals surface area contributed by atoms with Crippen molar-refractivity contribution in [2.45, 2.75) is 39.2 Å². The molecule has 4 unspecified atom stereocenters. The van der Waals surface area contributed by atoms with Gasteiger partial charge in [0.05, 0.1) is 31.1 Å². The van der Waals surface area contributed by atoms with Crippen LogP contribution < -0.4 is 0 Å². The number of ether oxygens (including phenoxy) is 1. The molecule has 5 heteroatoms. The Labute approximate surface area is 113 Å². The fourth-order valence-electron chi connectivity index (χ4n) is 3.33. The number of hydrogen-bond donors (Lipinski definition) is 1. The zero-order valence-electron chi connectivity index (χ0n) is 11.7. The molecule has 1 aliphatic heterocycles. The molecule has 0 spiro atoms. The Morgan fingerprint density at radius 1 is 1.32 bits per heavy atom. The van der Waals surface area contributed by atoms with E-state index >= 15 is 0 Å². The number of carboxylic acids is 1. The molecule has 4 atom stereocenters. The number of aliphatic carboxylic acids is 1. The average Bonchev–Trinajstić information content (AvgIpc) is 2.80. The number of carbonyl (C=O) groups excluding carboxylic acids is 1. The molecule has 0 aromatic rings. The van der Waals surface area contributed by atoms with E-state index < -0.39 is 11.9 Å². The second-order valence-corrected chi connectivity index (χ2v) is 5.80. The van der Waals surface area contributed by atoms with E-state index in [1.807, 2.05) is 18.7 Å². The van der Waals surface area contributed by atoms with Crippen LogP contribution in [0, 0.1) is 17.8 Å². The smallest absolute Gasteiger partial charge is 0.307 e. The minimum absolute atomic E-state index is 0.0203. The molecule has 1 N–H and O–H groups in total. The van der Waals surface area contributed by atoms with E-state index in [0.29, 0.717) is 38.5 Å². The van der Waals surface area contributed by atoms with E-state index in [4.69, 9.17) is 4.74 Å². The fourth-order valence-corrected chi connectivity index (χ4v) is 3.33. The van der Waals surface area contributed by atoms with Crippen LogP contribution >= 0.6 is 0 Å². The van der Waals surface area contributed by atoms with Gasteiger partial charge in [-0.1, -0.05) is 13.8 Å². The van der Waals surface area contributed by atoms with Crippen LogP contribution in [0.15, 0.2) is 0 Å². The molecule has 2 aliphatic rings. The van der Waals surface area contributed by atoms with Crippen molar-refractivity contribution in [2.75, 3.05) is 19.8 Å². The first-order chi connectivity index (χ1) is 9.04. The Hall–Kier alpha value is -1.10. The van der Waals surface area contributed by atoms with Crippen molar-refractivity contribution in [3.63, 3.8) is 0 Å². The first-order valence-corrected chi connectivity index (χ1v) is 7.15. The van der Waals surface area contributed by atoms with Gasteiger partial charge in [0.2, 0.25) is 5.91 Å². The standard InChI is InChI=1S/C14H23NO4/c1-3-10-8-19-5-4-15(10)13(16)11-6-9(2)7-12(11)14(17)18/h9-12H,3-8H2,1-2H3,(H,17,18). The molecule has 2 rings (SSSR count). The average molecular weight is 269 g/mol. The molecule has 5 nitrogen and oxygen atoms in total. The lowest BCUT2D eigenvalue weighted by Gasteiger charge is -2.37. The van der Waals surface area contributed by atoms with Crippen molar-refractivity contribution in [3.8, 4) is 0 Å². The second-order valence-electron chi connectivity index (χ2n) is 5.80. The van der Waals surface area contributed by atoms with Crippen molar-refractivity contribution >= 4 is 11.9 Å². The van der Waals surface area contributed by atoms with E-state index in [9.17, 15) is 14.7 Å². The van der Waals surface area contributed by atoms with Gasteiger partial charge in [0.1, 0.15) is 0 Å². The molecule has 108 valence electrons. The third kappa shape index (κ3) is 2.91. The van der Waals surface area contributed by atoms with Gasteiger partial charge in [-0.15, -0.1) is 0 Å². The van der Waals surface area contributed by atoms with Gasteiger partial charge < -0.3 is 14.7 Å². The maximum absolute atomic E-state index is 12.6. The molecule has 1 saturated heterocycles. The van der Waals surface area contributed by atoms with Gasteiger partial charge in [0.25, 0.3) is 0 Å². The highest BCUT2D eigenvalue weighted by molar-refractivity contribution is 5.85. The van der Waals surface area contributed by atoms with Crippen LogP contribution in [0.5, 0.6) is 0 Å². The van der Waals surface area contributed by atoms with E-state index in [1.54, 1.807) is 0 Å². The Bertz CT molecular complexity index is 357. The lowest BCUT2D eigenvalue weighted by atomic mass is 9.93. The van der Waals surface area contributed by atoms with Gasteiger partial charge >= 0.3 is 5.97 Å². The van der Waals surface area contributed by atoms with Crippen molar-refractivity contribution in [1.29, 1.82) is 0 Å². The molecule has 0 radical (unpaired) electrons. The third-order valence-corrected chi connectivity index (χ3v) is 4.41. The van der Waals surface area contributed by atoms with Crippen LogP contribution in [0.4, 0.5) is 0 Å². The third-order valence-electron chi connectivity index (χ3n) is 4.41. The summed E-state index contributed by atoms with van der Waals surface area (Å²) >= 11 is 0.